The van der Waals surface area contributed by atoms with Crippen LogP contribution in [0, 0.1) is 28.6 Å². The normalized spacial score (nSPS) is 39.3. The van der Waals surface area contributed by atoms with Gasteiger partial charge in [0, 0.05) is 34.1 Å². The molecule has 43 heavy (non-hydrogen) atoms. The number of hydrogen-bond donors (Lipinski definition) is 3. The summed E-state index contributed by atoms with van der Waals surface area (Å²) >= 11 is 0. The van der Waals surface area contributed by atoms with Gasteiger partial charge in [0.2, 0.25) is 0 Å². The van der Waals surface area contributed by atoms with Crippen molar-refractivity contribution in [2.75, 3.05) is 12.3 Å². The molecule has 8 heteroatoms. The highest BCUT2D eigenvalue weighted by molar-refractivity contribution is 6.01. The molecule has 9 atom stereocenters. The molecule has 7 rings (SSSR count). The second kappa shape index (κ2) is 10.1. The number of carbonyl (C=O) groups excluding carboxylic acids is 2. The fraction of sp³-hybridized carbons (Fsp3) is 0.486. The molecule has 0 radical (unpaired) electrons. The molecule has 4 aliphatic carbocycles. The Balaban J connectivity index is 1.17. The van der Waals surface area contributed by atoms with Crippen LogP contribution in [0.2, 0.25) is 0 Å². The maximum Gasteiger partial charge on any atom is 0.193 e. The number of hydrogen-bond acceptors (Lipinski definition) is 8. The van der Waals surface area contributed by atoms with Gasteiger partial charge in [0.25, 0.3) is 0 Å². The van der Waals surface area contributed by atoms with E-state index in [1.54, 1.807) is 24.3 Å². The minimum atomic E-state index is -1.38. The molecule has 0 aromatic heterocycles. The predicted molar refractivity (Wildman–Crippen MR) is 159 cm³/mol. The highest BCUT2D eigenvalue weighted by Gasteiger charge is 2.75. The minimum absolute atomic E-state index is 0.00260. The van der Waals surface area contributed by atoms with Crippen molar-refractivity contribution in [2.24, 2.45) is 28.6 Å². The fourth-order valence-electron chi connectivity index (χ4n) is 9.43. The molecule has 2 aromatic rings. The number of carbonyl (C=O) groups is 2. The maximum atomic E-state index is 13.8. The van der Waals surface area contributed by atoms with E-state index < -0.39 is 47.3 Å². The van der Waals surface area contributed by atoms with E-state index in [-0.39, 0.29) is 23.5 Å². The van der Waals surface area contributed by atoms with Crippen LogP contribution >= 0.6 is 0 Å². The standard InChI is InChI=1S/C35H39NO7/c1-33-12-11-24(38)14-22(33)9-10-26-27-16-30-35(29(40)18-37,34(27,2)17-28(39)31(26)33)43-32(42-30)21-6-3-5-20(13-21)19-41-25-8-4-7-23(36)15-25/h3-8,11-15,26-28,30-32,37,39H,9-10,16-19,36H2,1-2H3/t26-,27-,28-,30+,31+,32+,33-,34-,35+/m0/s1. The van der Waals surface area contributed by atoms with Crippen LogP contribution in [0.4, 0.5) is 5.69 Å². The first kappa shape index (κ1) is 28.5. The smallest absolute Gasteiger partial charge is 0.193 e. The highest BCUT2D eigenvalue weighted by atomic mass is 16.7. The van der Waals surface area contributed by atoms with Crippen molar-refractivity contribution in [1.29, 1.82) is 0 Å². The lowest BCUT2D eigenvalue weighted by Crippen LogP contribution is -2.63. The van der Waals surface area contributed by atoms with E-state index in [4.69, 9.17) is 19.9 Å². The van der Waals surface area contributed by atoms with Gasteiger partial charge in [-0.05, 0) is 73.4 Å². The van der Waals surface area contributed by atoms with Gasteiger partial charge >= 0.3 is 0 Å². The molecule has 0 spiro atoms. The monoisotopic (exact) mass is 585 g/mol. The second-order valence-electron chi connectivity index (χ2n) is 13.4. The molecule has 4 fully saturated rings. The largest absolute Gasteiger partial charge is 0.489 e. The maximum absolute atomic E-state index is 13.8. The minimum Gasteiger partial charge on any atom is -0.489 e. The SMILES string of the molecule is C[C@]12C=CC(=O)C=C1CC[C@@H]1[C@@H]2[C@@H](O)C[C@@]2(C)[C@H]1C[C@H]1O[C@@H](c3cccc(COc4cccc(N)c4)c3)O[C@]12C(=O)CO. The first-order chi connectivity index (χ1) is 20.6. The molecular formula is C35H39NO7. The number of nitrogen functional groups attached to an aromatic ring is 1. The summed E-state index contributed by atoms with van der Waals surface area (Å²) in [7, 11) is 0. The summed E-state index contributed by atoms with van der Waals surface area (Å²) in [6.07, 6.45) is 5.80. The van der Waals surface area contributed by atoms with Gasteiger partial charge in [-0.15, -0.1) is 0 Å². The Kier molecular flexibility index (Phi) is 6.70. The Morgan fingerprint density at radius 3 is 2.77 bits per heavy atom. The molecular weight excluding hydrogens is 546 g/mol. The van der Waals surface area contributed by atoms with Gasteiger partial charge in [-0.1, -0.05) is 49.8 Å². The van der Waals surface area contributed by atoms with Gasteiger partial charge < -0.3 is 30.2 Å². The van der Waals surface area contributed by atoms with Gasteiger partial charge in [0.05, 0.1) is 12.2 Å². The van der Waals surface area contributed by atoms with E-state index in [2.05, 4.69) is 6.92 Å². The first-order valence-corrected chi connectivity index (χ1v) is 15.3. The lowest BCUT2D eigenvalue weighted by molar-refractivity contribution is -0.201. The van der Waals surface area contributed by atoms with Gasteiger partial charge in [-0.3, -0.25) is 9.59 Å². The Morgan fingerprint density at radius 2 is 1.98 bits per heavy atom. The quantitative estimate of drug-likeness (QED) is 0.425. The van der Waals surface area contributed by atoms with Crippen LogP contribution in [0.15, 0.2) is 72.3 Å². The van der Waals surface area contributed by atoms with Crippen molar-refractivity contribution in [3.63, 3.8) is 0 Å². The summed E-state index contributed by atoms with van der Waals surface area (Å²) in [5.41, 5.74) is 6.71. The van der Waals surface area contributed by atoms with Gasteiger partial charge in [0.1, 0.15) is 19.0 Å². The van der Waals surface area contributed by atoms with Crippen molar-refractivity contribution in [3.05, 3.63) is 83.5 Å². The summed E-state index contributed by atoms with van der Waals surface area (Å²) in [6.45, 7) is 3.82. The summed E-state index contributed by atoms with van der Waals surface area (Å²) in [5, 5.41) is 22.1. The number of aliphatic hydroxyl groups is 2. The lowest BCUT2D eigenvalue weighted by atomic mass is 9.46. The number of rotatable bonds is 6. The predicted octanol–water partition coefficient (Wildman–Crippen LogP) is 4.45. The molecule has 0 amide bonds. The van der Waals surface area contributed by atoms with E-state index in [1.165, 1.54) is 0 Å². The zero-order chi connectivity index (χ0) is 30.1. The van der Waals surface area contributed by atoms with Gasteiger partial charge in [-0.2, -0.15) is 0 Å². The number of nitrogens with two attached hydrogens (primary N) is 1. The lowest BCUT2D eigenvalue weighted by Gasteiger charge is -2.59. The summed E-state index contributed by atoms with van der Waals surface area (Å²) < 4.78 is 19.2. The molecule has 2 aromatic carbocycles. The van der Waals surface area contributed by atoms with Crippen molar-refractivity contribution >= 4 is 17.3 Å². The molecule has 0 unspecified atom stereocenters. The fourth-order valence-corrected chi connectivity index (χ4v) is 9.43. The van der Waals surface area contributed by atoms with E-state index in [1.807, 2.05) is 49.4 Å². The molecule has 1 saturated heterocycles. The number of ketones is 2. The third-order valence-electron chi connectivity index (χ3n) is 11.3. The molecule has 3 saturated carbocycles. The van der Waals surface area contributed by atoms with E-state index in [0.29, 0.717) is 30.9 Å². The molecule has 226 valence electrons. The number of Topliss-reactive ketones (excluding diaryl/α,β-unsaturated/α-hetero) is 1. The van der Waals surface area contributed by atoms with Crippen molar-refractivity contribution in [1.82, 2.24) is 0 Å². The van der Waals surface area contributed by atoms with Crippen LogP contribution in [0.1, 0.15) is 56.9 Å². The zero-order valence-electron chi connectivity index (χ0n) is 24.6. The number of anilines is 1. The number of benzene rings is 2. The number of allylic oxidation sites excluding steroid dienone is 4. The van der Waals surface area contributed by atoms with Crippen molar-refractivity contribution in [2.45, 2.75) is 70.2 Å². The molecule has 1 heterocycles. The van der Waals surface area contributed by atoms with E-state index in [9.17, 15) is 19.8 Å². The Morgan fingerprint density at radius 1 is 1.16 bits per heavy atom. The van der Waals surface area contributed by atoms with Crippen LogP contribution in [0.5, 0.6) is 5.75 Å². The summed E-state index contributed by atoms with van der Waals surface area (Å²) in [5.74, 6) is 0.344. The van der Waals surface area contributed by atoms with Gasteiger partial charge in [-0.25, -0.2) is 0 Å². The number of ether oxygens (including phenoxy) is 3. The number of aliphatic hydroxyl groups excluding tert-OH is 2. The molecule has 8 nitrogen and oxygen atoms in total. The van der Waals surface area contributed by atoms with E-state index in [0.717, 1.165) is 29.5 Å². The van der Waals surface area contributed by atoms with Crippen LogP contribution < -0.4 is 10.5 Å². The third kappa shape index (κ3) is 4.18. The zero-order valence-corrected chi connectivity index (χ0v) is 24.6. The Bertz CT molecular complexity index is 1530. The van der Waals surface area contributed by atoms with Crippen LogP contribution in [-0.2, 0) is 25.7 Å². The average Bonchev–Trinajstić information content (AvgIpc) is 3.49. The molecule has 4 N–H and O–H groups in total. The molecule has 0 bridgehead atoms. The number of fused-ring (bicyclic) bond motifs is 7. The summed E-state index contributed by atoms with van der Waals surface area (Å²) in [6, 6.07) is 15.0. The average molecular weight is 586 g/mol. The highest BCUT2D eigenvalue weighted by Crippen LogP contribution is 2.70. The first-order valence-electron chi connectivity index (χ1n) is 15.3. The summed E-state index contributed by atoms with van der Waals surface area (Å²) in [4.78, 5) is 25.9. The molecule has 1 aliphatic heterocycles. The Hall–Kier alpha value is -3.30. The van der Waals surface area contributed by atoms with E-state index >= 15 is 0 Å². The Labute approximate surface area is 251 Å². The third-order valence-corrected chi connectivity index (χ3v) is 11.3. The topological polar surface area (TPSA) is 128 Å². The van der Waals surface area contributed by atoms with Crippen molar-refractivity contribution in [3.8, 4) is 5.75 Å². The van der Waals surface area contributed by atoms with Crippen LogP contribution in [0.3, 0.4) is 0 Å². The van der Waals surface area contributed by atoms with Crippen molar-refractivity contribution < 1.29 is 34.0 Å². The van der Waals surface area contributed by atoms with Crippen LogP contribution in [-0.4, -0.2) is 46.2 Å². The van der Waals surface area contributed by atoms with Gasteiger partial charge in [0.15, 0.2) is 23.5 Å². The second-order valence-corrected chi connectivity index (χ2v) is 13.4. The molecule has 5 aliphatic rings. The van der Waals surface area contributed by atoms with Crippen LogP contribution in [0.25, 0.3) is 0 Å².